The molecule has 3 N–H and O–H groups in total. The fourth-order valence-electron chi connectivity index (χ4n) is 13.6. The van der Waals surface area contributed by atoms with Gasteiger partial charge in [0.2, 0.25) is 5.88 Å². The number of nitro benzene ring substituents is 1. The molecule has 19 heteroatoms. The van der Waals surface area contributed by atoms with E-state index in [1.165, 1.54) is 57.6 Å². The van der Waals surface area contributed by atoms with Crippen LogP contribution in [0.3, 0.4) is 0 Å². The second kappa shape index (κ2) is 18.6. The number of H-pyrrole nitrogens is 1. The average molecular weight is 1040 g/mol. The predicted molar refractivity (Wildman–Crippen MR) is 284 cm³/mol. The molecule has 6 fully saturated rings. The summed E-state index contributed by atoms with van der Waals surface area (Å²) in [6, 6.07) is 22.0. The van der Waals surface area contributed by atoms with E-state index in [1.807, 2.05) is 49.2 Å². The summed E-state index contributed by atoms with van der Waals surface area (Å²) in [5.74, 6) is 0.197. The highest BCUT2D eigenvalue weighted by Gasteiger charge is 2.50. The molecule has 8 aliphatic rings. The minimum absolute atomic E-state index is 0.00609. The SMILES string of the molecule is C[C@@H]1CO[C@@H]([C@H]2COc3cc(S(=O)(=O)NC(=O)c4ccc(N5CCC6(CC5)CC(N5CCC[C@H]5c5ccccc5C5CCC5)C6)cc4N4CC(C)(C)Oc5nc6[nH]ccc6cc54)cc([N+](=O)[O-])c3N2)CN1C1COC1. The molecular formula is C56H67N9O9S. The number of aromatic nitrogens is 2. The first-order valence-corrected chi connectivity index (χ1v) is 28.6. The molecule has 2 aliphatic carbocycles. The summed E-state index contributed by atoms with van der Waals surface area (Å²) in [7, 11) is -4.71. The maximum atomic E-state index is 14.7. The third-order valence-corrected chi connectivity index (χ3v) is 19.3. The van der Waals surface area contributed by atoms with E-state index in [1.54, 1.807) is 17.2 Å². The Kier molecular flexibility index (Phi) is 12.1. The van der Waals surface area contributed by atoms with Crippen molar-refractivity contribution in [3.63, 3.8) is 0 Å². The number of likely N-dealkylation sites (tertiary alicyclic amines) is 1. The maximum Gasteiger partial charge on any atom is 0.297 e. The van der Waals surface area contributed by atoms with Crippen LogP contribution in [0.15, 0.2) is 77.8 Å². The third kappa shape index (κ3) is 8.85. The molecule has 5 aromatic rings. The minimum atomic E-state index is -4.71. The van der Waals surface area contributed by atoms with Crippen molar-refractivity contribution in [2.45, 2.75) is 131 Å². The number of carbonyl (C=O) groups is 1. The lowest BCUT2D eigenvalue weighted by Crippen LogP contribution is -2.62. The molecule has 4 atom stereocenters. The van der Waals surface area contributed by atoms with Gasteiger partial charge in [0.1, 0.15) is 23.5 Å². The van der Waals surface area contributed by atoms with Gasteiger partial charge in [0.25, 0.3) is 21.6 Å². The largest absolute Gasteiger partial charge is 0.489 e. The van der Waals surface area contributed by atoms with Crippen molar-refractivity contribution in [2.75, 3.05) is 74.3 Å². The number of hydrogen-bond donors (Lipinski definition) is 3. The van der Waals surface area contributed by atoms with Gasteiger partial charge in [-0.2, -0.15) is 4.98 Å². The Hall–Kier alpha value is -5.99. The molecule has 2 saturated carbocycles. The Bertz CT molecular complexity index is 3160. The second-order valence-electron chi connectivity index (χ2n) is 23.3. The molecule has 1 amide bonds. The Morgan fingerprint density at radius 1 is 0.893 bits per heavy atom. The molecule has 396 valence electrons. The molecule has 0 radical (unpaired) electrons. The molecule has 0 unspecified atom stereocenters. The second-order valence-corrected chi connectivity index (χ2v) is 24.9. The Balaban J connectivity index is 0.758. The van der Waals surface area contributed by atoms with E-state index in [-0.39, 0.29) is 41.8 Å². The lowest BCUT2D eigenvalue weighted by atomic mass is 9.59. The number of morpholine rings is 1. The van der Waals surface area contributed by atoms with Crippen LogP contribution in [-0.2, 0) is 19.5 Å². The molecular weight excluding hydrogens is 975 g/mol. The van der Waals surface area contributed by atoms with Gasteiger partial charge in [-0.05, 0) is 131 Å². The summed E-state index contributed by atoms with van der Waals surface area (Å²) in [6.45, 7) is 11.6. The number of pyridine rings is 1. The lowest BCUT2D eigenvalue weighted by molar-refractivity contribution is -0.384. The lowest BCUT2D eigenvalue weighted by Gasteiger charge is -2.56. The van der Waals surface area contributed by atoms with E-state index in [0.29, 0.717) is 73.3 Å². The fourth-order valence-corrected chi connectivity index (χ4v) is 14.6. The number of nitrogens with one attached hydrogen (secondary N) is 3. The molecule has 4 saturated heterocycles. The Morgan fingerprint density at radius 3 is 2.44 bits per heavy atom. The van der Waals surface area contributed by atoms with Gasteiger partial charge >= 0.3 is 0 Å². The van der Waals surface area contributed by atoms with Crippen molar-refractivity contribution in [3.05, 3.63) is 99.7 Å². The number of ether oxygens (including phenoxy) is 4. The number of benzene rings is 3. The van der Waals surface area contributed by atoms with Crippen LogP contribution in [0.25, 0.3) is 11.0 Å². The predicted octanol–water partition coefficient (Wildman–Crippen LogP) is 8.41. The molecule has 1 spiro atoms. The van der Waals surface area contributed by atoms with Gasteiger partial charge in [0, 0.05) is 67.2 Å². The number of amides is 1. The van der Waals surface area contributed by atoms with Crippen LogP contribution in [0.4, 0.5) is 28.4 Å². The van der Waals surface area contributed by atoms with Gasteiger partial charge in [-0.25, -0.2) is 13.1 Å². The number of nitro groups is 1. The zero-order valence-corrected chi connectivity index (χ0v) is 43.8. The monoisotopic (exact) mass is 1040 g/mol. The summed E-state index contributed by atoms with van der Waals surface area (Å²) < 4.78 is 55.3. The van der Waals surface area contributed by atoms with Crippen LogP contribution in [0.5, 0.6) is 11.6 Å². The number of aromatic amines is 1. The number of rotatable bonds is 11. The summed E-state index contributed by atoms with van der Waals surface area (Å²) in [4.78, 5) is 43.9. The fraction of sp³-hybridized carbons (Fsp3) is 0.536. The van der Waals surface area contributed by atoms with E-state index in [9.17, 15) is 23.3 Å². The van der Waals surface area contributed by atoms with Crippen LogP contribution < -0.4 is 29.3 Å². The Morgan fingerprint density at radius 2 is 1.69 bits per heavy atom. The average Bonchev–Trinajstić information content (AvgIpc) is 4.04. The Labute approximate surface area is 437 Å². The summed E-state index contributed by atoms with van der Waals surface area (Å²) in [6.07, 6.45) is 12.5. The molecule has 8 heterocycles. The number of anilines is 4. The van der Waals surface area contributed by atoms with Crippen LogP contribution >= 0.6 is 0 Å². The topological polar surface area (TPSA) is 197 Å². The van der Waals surface area contributed by atoms with Crippen molar-refractivity contribution >= 4 is 55.4 Å². The highest BCUT2D eigenvalue weighted by Crippen LogP contribution is 2.55. The van der Waals surface area contributed by atoms with Gasteiger partial charge in [-0.1, -0.05) is 30.7 Å². The van der Waals surface area contributed by atoms with Crippen molar-refractivity contribution in [1.29, 1.82) is 0 Å². The normalized spacial score (nSPS) is 26.0. The van der Waals surface area contributed by atoms with E-state index >= 15 is 0 Å². The zero-order valence-electron chi connectivity index (χ0n) is 43.0. The van der Waals surface area contributed by atoms with Crippen molar-refractivity contribution in [1.82, 2.24) is 24.5 Å². The molecule has 18 nitrogen and oxygen atoms in total. The number of piperidine rings is 1. The number of sulfonamides is 1. The molecule has 13 rings (SSSR count). The van der Waals surface area contributed by atoms with Crippen LogP contribution in [0.2, 0.25) is 0 Å². The first kappa shape index (κ1) is 48.6. The van der Waals surface area contributed by atoms with Crippen LogP contribution in [0, 0.1) is 15.5 Å². The first-order valence-electron chi connectivity index (χ1n) is 27.1. The van der Waals surface area contributed by atoms with Crippen molar-refractivity contribution in [2.24, 2.45) is 5.41 Å². The number of nitrogens with zero attached hydrogens (tertiary/aromatic N) is 6. The summed E-state index contributed by atoms with van der Waals surface area (Å²) >= 11 is 0. The van der Waals surface area contributed by atoms with Gasteiger partial charge in [-0.3, -0.25) is 24.7 Å². The van der Waals surface area contributed by atoms with Crippen molar-refractivity contribution < 1.29 is 37.1 Å². The molecule has 75 heavy (non-hydrogen) atoms. The van der Waals surface area contributed by atoms with E-state index in [4.69, 9.17) is 23.9 Å². The summed E-state index contributed by atoms with van der Waals surface area (Å²) in [5.41, 5.74) is 5.05. The van der Waals surface area contributed by atoms with Gasteiger partial charge in [0.15, 0.2) is 11.4 Å². The van der Waals surface area contributed by atoms with Gasteiger partial charge in [0.05, 0.1) is 65.6 Å². The number of fused-ring (bicyclic) bond motifs is 3. The van der Waals surface area contributed by atoms with Crippen molar-refractivity contribution in [3.8, 4) is 11.6 Å². The highest BCUT2D eigenvalue weighted by atomic mass is 32.2. The number of carbonyl (C=O) groups excluding carboxylic acids is 1. The quantitative estimate of drug-likeness (QED) is 0.0842. The highest BCUT2D eigenvalue weighted by molar-refractivity contribution is 7.90. The first-order chi connectivity index (χ1) is 36.2. The van der Waals surface area contributed by atoms with E-state index < -0.39 is 43.1 Å². The van der Waals surface area contributed by atoms with Gasteiger partial charge < -0.3 is 39.0 Å². The zero-order chi connectivity index (χ0) is 51.4. The van der Waals surface area contributed by atoms with Crippen LogP contribution in [0.1, 0.15) is 112 Å². The maximum absolute atomic E-state index is 14.7. The molecule has 3 aromatic carbocycles. The smallest absolute Gasteiger partial charge is 0.297 e. The number of hydrogen-bond acceptors (Lipinski definition) is 15. The molecule has 0 bridgehead atoms. The van der Waals surface area contributed by atoms with Gasteiger partial charge in [-0.15, -0.1) is 0 Å². The minimum Gasteiger partial charge on any atom is -0.489 e. The van der Waals surface area contributed by atoms with E-state index in [2.05, 4.69) is 60.9 Å². The van der Waals surface area contributed by atoms with Crippen LogP contribution in [-0.4, -0.2) is 134 Å². The standard InChI is InChI=1S/C56H67N9O9S/c1-34-29-72-50(28-63(34)39-30-71-31-39)44-32-73-49-25-40(24-47(65(67)68)51(49)58-44)75(69,70)60-53(66)43-14-13-37(23-46(43)64-33-55(2,3)74-54-48(64)22-36-15-18-57-52(36)59-54)61-20-16-56(17-21-61)26-38(27-56)62-19-7-12-45(62)42-11-5-4-10-41(42)35-8-6-9-35/h4-5,10-11,13-15,18,22-25,34-35,38-39,44-45,50,58H,6-9,12,16-17,19-21,26-33H2,1-3H3,(H,57,59)(H,60,66)/t34-,44-,45+,50-/m1/s1. The molecule has 2 aromatic heterocycles. The molecule has 6 aliphatic heterocycles. The third-order valence-electron chi connectivity index (χ3n) is 18.0. The summed E-state index contributed by atoms with van der Waals surface area (Å²) in [5, 5.41) is 16.8. The van der Waals surface area contributed by atoms with E-state index in [0.717, 1.165) is 49.0 Å².